The minimum absolute atomic E-state index is 0.222. The van der Waals surface area contributed by atoms with Crippen LogP contribution in [-0.2, 0) is 6.54 Å². The van der Waals surface area contributed by atoms with Crippen LogP contribution in [0.25, 0.3) is 10.2 Å². The summed E-state index contributed by atoms with van der Waals surface area (Å²) in [7, 11) is 3.07. The average molecular weight is 429 g/mol. The standard InChI is InChI=1S/C21H17ClN2O4S/c1-26-14-6-8-18(27-2)16(11-14)20(25)24(12-15-4-3-9-28-15)21-23-17-7-5-13(22)10-19(17)29-21/h3-11H,12H2,1-2H3. The van der Waals surface area contributed by atoms with E-state index in [0.29, 0.717) is 33.0 Å². The molecule has 2 aromatic heterocycles. The first kappa shape index (κ1) is 19.3. The zero-order valence-electron chi connectivity index (χ0n) is 15.7. The summed E-state index contributed by atoms with van der Waals surface area (Å²) < 4.78 is 17.0. The number of halogens is 1. The van der Waals surface area contributed by atoms with Gasteiger partial charge >= 0.3 is 0 Å². The molecule has 0 spiro atoms. The second-order valence-electron chi connectivity index (χ2n) is 6.15. The second-order valence-corrected chi connectivity index (χ2v) is 7.59. The average Bonchev–Trinajstić information content (AvgIpc) is 3.40. The van der Waals surface area contributed by atoms with Crippen molar-refractivity contribution < 1.29 is 18.7 Å². The van der Waals surface area contributed by atoms with Gasteiger partial charge in [0.1, 0.15) is 17.3 Å². The highest BCUT2D eigenvalue weighted by Gasteiger charge is 2.26. The number of methoxy groups -OCH3 is 2. The second kappa shape index (κ2) is 8.14. The molecule has 0 unspecified atom stereocenters. The smallest absolute Gasteiger partial charge is 0.264 e. The lowest BCUT2D eigenvalue weighted by Crippen LogP contribution is -2.30. The Morgan fingerprint density at radius 2 is 2.03 bits per heavy atom. The lowest BCUT2D eigenvalue weighted by Gasteiger charge is -2.20. The van der Waals surface area contributed by atoms with Crippen molar-refractivity contribution in [2.75, 3.05) is 19.1 Å². The third-order valence-electron chi connectivity index (χ3n) is 4.35. The molecule has 148 valence electrons. The van der Waals surface area contributed by atoms with Crippen molar-refractivity contribution in [3.63, 3.8) is 0 Å². The zero-order valence-corrected chi connectivity index (χ0v) is 17.3. The molecule has 0 bridgehead atoms. The van der Waals surface area contributed by atoms with Crippen molar-refractivity contribution in [3.05, 3.63) is 71.1 Å². The Morgan fingerprint density at radius 3 is 2.76 bits per heavy atom. The van der Waals surface area contributed by atoms with Gasteiger partial charge in [-0.15, -0.1) is 0 Å². The summed E-state index contributed by atoms with van der Waals surface area (Å²) in [5.41, 5.74) is 1.14. The molecule has 0 saturated heterocycles. The summed E-state index contributed by atoms with van der Waals surface area (Å²) >= 11 is 7.49. The topological polar surface area (TPSA) is 64.8 Å². The van der Waals surface area contributed by atoms with E-state index in [-0.39, 0.29) is 12.5 Å². The number of furan rings is 1. The molecule has 0 aliphatic heterocycles. The Kier molecular flexibility index (Phi) is 5.42. The molecule has 0 saturated carbocycles. The Morgan fingerprint density at radius 1 is 1.17 bits per heavy atom. The van der Waals surface area contributed by atoms with Gasteiger partial charge in [-0.2, -0.15) is 0 Å². The highest BCUT2D eigenvalue weighted by Crippen LogP contribution is 2.34. The molecule has 6 nitrogen and oxygen atoms in total. The van der Waals surface area contributed by atoms with Gasteiger partial charge in [0.15, 0.2) is 5.13 Å². The molecule has 29 heavy (non-hydrogen) atoms. The van der Waals surface area contributed by atoms with Crippen molar-refractivity contribution >= 4 is 44.2 Å². The molecule has 8 heteroatoms. The number of hydrogen-bond donors (Lipinski definition) is 0. The summed E-state index contributed by atoms with van der Waals surface area (Å²) in [6.45, 7) is 0.222. The van der Waals surface area contributed by atoms with E-state index < -0.39 is 0 Å². The van der Waals surface area contributed by atoms with Gasteiger partial charge in [0, 0.05) is 5.02 Å². The number of thiazole rings is 1. The first-order valence-electron chi connectivity index (χ1n) is 8.71. The lowest BCUT2D eigenvalue weighted by molar-refractivity contribution is 0.0980. The largest absolute Gasteiger partial charge is 0.497 e. The third-order valence-corrected chi connectivity index (χ3v) is 5.62. The van der Waals surface area contributed by atoms with E-state index >= 15 is 0 Å². The number of anilines is 1. The molecule has 1 amide bonds. The number of nitrogens with zero attached hydrogens (tertiary/aromatic N) is 2. The van der Waals surface area contributed by atoms with E-state index in [1.807, 2.05) is 18.2 Å². The minimum atomic E-state index is -0.276. The monoisotopic (exact) mass is 428 g/mol. The molecule has 0 aliphatic carbocycles. The summed E-state index contributed by atoms with van der Waals surface area (Å²) in [5, 5.41) is 1.15. The van der Waals surface area contributed by atoms with Crippen molar-refractivity contribution in [1.29, 1.82) is 0 Å². The number of fused-ring (bicyclic) bond motifs is 1. The number of ether oxygens (including phenoxy) is 2. The maximum Gasteiger partial charge on any atom is 0.264 e. The fraction of sp³-hybridized carbons (Fsp3) is 0.143. The fourth-order valence-corrected chi connectivity index (χ4v) is 4.15. The molecule has 2 aromatic carbocycles. The van der Waals surface area contributed by atoms with Crippen LogP contribution in [-0.4, -0.2) is 25.1 Å². The number of amides is 1. The van der Waals surface area contributed by atoms with E-state index in [9.17, 15) is 4.79 Å². The van der Waals surface area contributed by atoms with Crippen LogP contribution in [0.3, 0.4) is 0 Å². The summed E-state index contributed by atoms with van der Waals surface area (Å²) in [5.74, 6) is 1.37. The SMILES string of the molecule is COc1ccc(OC)c(C(=O)N(Cc2ccco2)c2nc3ccc(Cl)cc3s2)c1. The van der Waals surface area contributed by atoms with Crippen LogP contribution in [0.1, 0.15) is 16.1 Å². The van der Waals surface area contributed by atoms with Crippen molar-refractivity contribution in [2.45, 2.75) is 6.54 Å². The maximum atomic E-state index is 13.6. The quantitative estimate of drug-likeness (QED) is 0.411. The Balaban J connectivity index is 1.80. The Hall–Kier alpha value is -3.03. The van der Waals surface area contributed by atoms with Crippen molar-refractivity contribution in [2.24, 2.45) is 0 Å². The van der Waals surface area contributed by atoms with E-state index in [1.165, 1.54) is 18.4 Å². The van der Waals surface area contributed by atoms with Crippen LogP contribution in [0.15, 0.2) is 59.2 Å². The predicted octanol–water partition coefficient (Wildman–Crippen LogP) is 5.41. The van der Waals surface area contributed by atoms with Crippen LogP contribution in [0.4, 0.5) is 5.13 Å². The van der Waals surface area contributed by atoms with E-state index in [1.54, 1.807) is 48.6 Å². The molecule has 0 N–H and O–H groups in total. The van der Waals surface area contributed by atoms with Gasteiger partial charge in [0.2, 0.25) is 0 Å². The number of aromatic nitrogens is 1. The zero-order chi connectivity index (χ0) is 20.4. The number of carbonyl (C=O) groups is 1. The lowest BCUT2D eigenvalue weighted by atomic mass is 10.1. The molecule has 0 fully saturated rings. The van der Waals surface area contributed by atoms with Gasteiger partial charge < -0.3 is 13.9 Å². The Labute approximate surface area is 176 Å². The van der Waals surface area contributed by atoms with Gasteiger partial charge in [-0.3, -0.25) is 9.69 Å². The molecular formula is C21H17ClN2O4S. The van der Waals surface area contributed by atoms with Crippen LogP contribution in [0.5, 0.6) is 11.5 Å². The molecule has 2 heterocycles. The Bertz CT molecular complexity index is 1160. The predicted molar refractivity (Wildman–Crippen MR) is 113 cm³/mol. The van der Waals surface area contributed by atoms with Crippen LogP contribution < -0.4 is 14.4 Å². The van der Waals surface area contributed by atoms with Gasteiger partial charge in [-0.05, 0) is 48.5 Å². The number of rotatable bonds is 6. The molecular weight excluding hydrogens is 412 g/mol. The summed E-state index contributed by atoms with van der Waals surface area (Å²) in [6, 6.07) is 14.1. The first-order chi connectivity index (χ1) is 14.1. The van der Waals surface area contributed by atoms with Crippen LogP contribution in [0, 0.1) is 0 Å². The highest BCUT2D eigenvalue weighted by molar-refractivity contribution is 7.22. The van der Waals surface area contributed by atoms with Crippen molar-refractivity contribution in [1.82, 2.24) is 4.98 Å². The highest BCUT2D eigenvalue weighted by atomic mass is 35.5. The minimum Gasteiger partial charge on any atom is -0.497 e. The van der Waals surface area contributed by atoms with E-state index in [4.69, 9.17) is 25.5 Å². The number of benzene rings is 2. The van der Waals surface area contributed by atoms with Gasteiger partial charge in [-0.25, -0.2) is 4.98 Å². The van der Waals surface area contributed by atoms with Gasteiger partial charge in [0.05, 0.1) is 42.8 Å². The molecule has 4 aromatic rings. The van der Waals surface area contributed by atoms with Crippen LogP contribution in [0.2, 0.25) is 5.02 Å². The molecule has 4 rings (SSSR count). The fourth-order valence-electron chi connectivity index (χ4n) is 2.91. The normalized spacial score (nSPS) is 10.9. The maximum absolute atomic E-state index is 13.6. The molecule has 0 radical (unpaired) electrons. The van der Waals surface area contributed by atoms with Crippen molar-refractivity contribution in [3.8, 4) is 11.5 Å². The van der Waals surface area contributed by atoms with Gasteiger partial charge in [0.25, 0.3) is 5.91 Å². The summed E-state index contributed by atoms with van der Waals surface area (Å²) in [4.78, 5) is 19.7. The first-order valence-corrected chi connectivity index (χ1v) is 9.91. The van der Waals surface area contributed by atoms with E-state index in [2.05, 4.69) is 4.98 Å². The van der Waals surface area contributed by atoms with Gasteiger partial charge in [-0.1, -0.05) is 22.9 Å². The van der Waals surface area contributed by atoms with Crippen LogP contribution >= 0.6 is 22.9 Å². The number of hydrogen-bond acceptors (Lipinski definition) is 6. The van der Waals surface area contributed by atoms with E-state index in [0.717, 1.165) is 10.2 Å². The third kappa shape index (κ3) is 3.92. The molecule has 0 aliphatic rings. The molecule has 0 atom stereocenters. The summed E-state index contributed by atoms with van der Waals surface area (Å²) in [6.07, 6.45) is 1.57. The number of carbonyl (C=O) groups excluding carboxylic acids is 1.